The van der Waals surface area contributed by atoms with Gasteiger partial charge in [-0.25, -0.2) is 0 Å². The van der Waals surface area contributed by atoms with Crippen LogP contribution in [0, 0.1) is 5.92 Å². The molecule has 2 aliphatic rings. The first-order valence-corrected chi connectivity index (χ1v) is 11.5. The Hall–Kier alpha value is -2.66. The minimum atomic E-state index is -0.370. The maximum Gasteiger partial charge on any atom is 0.245 e. The van der Waals surface area contributed by atoms with Gasteiger partial charge in [0.15, 0.2) is 0 Å². The first-order chi connectivity index (χ1) is 15.1. The van der Waals surface area contributed by atoms with Crippen LogP contribution in [0.15, 0.2) is 60.7 Å². The van der Waals surface area contributed by atoms with Crippen molar-refractivity contribution >= 4 is 11.8 Å². The Morgan fingerprint density at radius 3 is 1.84 bits per heavy atom. The zero-order chi connectivity index (χ0) is 21.6. The molecule has 5 heteroatoms. The predicted octanol–water partition coefficient (Wildman–Crippen LogP) is 3.62. The zero-order valence-corrected chi connectivity index (χ0v) is 18.4. The first-order valence-electron chi connectivity index (χ1n) is 11.5. The van der Waals surface area contributed by atoms with Crippen LogP contribution in [-0.2, 0) is 9.59 Å². The molecule has 1 aliphatic carbocycles. The molecule has 1 saturated heterocycles. The maximum atomic E-state index is 13.3. The van der Waals surface area contributed by atoms with Gasteiger partial charge < -0.3 is 10.2 Å². The van der Waals surface area contributed by atoms with E-state index in [0.717, 1.165) is 38.8 Å². The Morgan fingerprint density at radius 2 is 1.35 bits per heavy atom. The van der Waals surface area contributed by atoms with Crippen molar-refractivity contribution in [2.75, 3.05) is 26.2 Å². The Bertz CT molecular complexity index is 817. The lowest BCUT2D eigenvalue weighted by atomic mass is 9.95. The molecule has 4 rings (SSSR count). The number of piperazine rings is 1. The van der Waals surface area contributed by atoms with Crippen molar-refractivity contribution in [2.24, 2.45) is 5.92 Å². The number of carbonyl (C=O) groups is 2. The maximum absolute atomic E-state index is 13.3. The predicted molar refractivity (Wildman–Crippen MR) is 122 cm³/mol. The molecule has 164 valence electrons. The number of amides is 2. The molecule has 1 N–H and O–H groups in total. The molecular formula is C26H33N3O2. The minimum Gasteiger partial charge on any atom is -0.344 e. The molecule has 1 unspecified atom stereocenters. The lowest BCUT2D eigenvalue weighted by Crippen LogP contribution is -2.57. The fourth-order valence-electron chi connectivity index (χ4n) is 5.17. The van der Waals surface area contributed by atoms with Crippen molar-refractivity contribution in [1.29, 1.82) is 0 Å². The van der Waals surface area contributed by atoms with Crippen LogP contribution in [0.25, 0.3) is 0 Å². The normalized spacial score (nSPS) is 18.8. The van der Waals surface area contributed by atoms with E-state index in [1.807, 2.05) is 17.0 Å². The van der Waals surface area contributed by atoms with Gasteiger partial charge in [-0.3, -0.25) is 14.5 Å². The van der Waals surface area contributed by atoms with E-state index < -0.39 is 0 Å². The molecular weight excluding hydrogens is 386 g/mol. The summed E-state index contributed by atoms with van der Waals surface area (Å²) < 4.78 is 0. The number of rotatable bonds is 6. The topological polar surface area (TPSA) is 52.7 Å². The highest BCUT2D eigenvalue weighted by molar-refractivity contribution is 5.87. The molecule has 1 saturated carbocycles. The molecule has 1 atom stereocenters. The second kappa shape index (κ2) is 10.1. The van der Waals surface area contributed by atoms with Crippen LogP contribution in [0.4, 0.5) is 0 Å². The average Bonchev–Trinajstić information content (AvgIpc) is 3.34. The van der Waals surface area contributed by atoms with E-state index in [9.17, 15) is 9.59 Å². The van der Waals surface area contributed by atoms with Gasteiger partial charge in [0.25, 0.3) is 0 Å². The van der Waals surface area contributed by atoms with Gasteiger partial charge >= 0.3 is 0 Å². The van der Waals surface area contributed by atoms with E-state index in [1.54, 1.807) is 0 Å². The molecule has 5 nitrogen and oxygen atoms in total. The molecule has 2 fully saturated rings. The fraction of sp³-hybridized carbons (Fsp3) is 0.462. The first kappa shape index (κ1) is 21.6. The SMILES string of the molecule is CC(=O)NC(C(=O)N1CCN(C(c2ccccc2)c2ccccc2)CC1)C1CCCC1. The summed E-state index contributed by atoms with van der Waals surface area (Å²) in [6.07, 6.45) is 4.36. The third kappa shape index (κ3) is 5.16. The van der Waals surface area contributed by atoms with Gasteiger partial charge in [-0.15, -0.1) is 0 Å². The van der Waals surface area contributed by atoms with Gasteiger partial charge in [0.1, 0.15) is 6.04 Å². The fourth-order valence-corrected chi connectivity index (χ4v) is 5.17. The summed E-state index contributed by atoms with van der Waals surface area (Å²) in [7, 11) is 0. The van der Waals surface area contributed by atoms with Crippen molar-refractivity contribution in [3.05, 3.63) is 71.8 Å². The van der Waals surface area contributed by atoms with Crippen LogP contribution < -0.4 is 5.32 Å². The molecule has 0 bridgehead atoms. The van der Waals surface area contributed by atoms with Crippen LogP contribution in [0.1, 0.15) is 49.8 Å². The Morgan fingerprint density at radius 1 is 0.839 bits per heavy atom. The average molecular weight is 420 g/mol. The zero-order valence-electron chi connectivity index (χ0n) is 18.4. The van der Waals surface area contributed by atoms with Crippen molar-refractivity contribution in [3.63, 3.8) is 0 Å². The van der Waals surface area contributed by atoms with Crippen molar-refractivity contribution < 1.29 is 9.59 Å². The largest absolute Gasteiger partial charge is 0.344 e. The molecule has 31 heavy (non-hydrogen) atoms. The van der Waals surface area contributed by atoms with Crippen LogP contribution in [0.2, 0.25) is 0 Å². The number of nitrogens with one attached hydrogen (secondary N) is 1. The summed E-state index contributed by atoms with van der Waals surface area (Å²) in [4.78, 5) is 29.5. The van der Waals surface area contributed by atoms with Crippen molar-refractivity contribution in [2.45, 2.75) is 44.7 Å². The Kier molecular flexibility index (Phi) is 7.03. The Balaban J connectivity index is 1.47. The van der Waals surface area contributed by atoms with E-state index in [1.165, 1.54) is 18.1 Å². The molecule has 2 aromatic rings. The summed E-state index contributed by atoms with van der Waals surface area (Å²) in [5.41, 5.74) is 2.55. The highest BCUT2D eigenvalue weighted by atomic mass is 16.2. The van der Waals surface area contributed by atoms with Gasteiger partial charge in [-0.05, 0) is 29.9 Å². The quantitative estimate of drug-likeness (QED) is 0.778. The summed E-state index contributed by atoms with van der Waals surface area (Å²) >= 11 is 0. The number of hydrogen-bond acceptors (Lipinski definition) is 3. The van der Waals surface area contributed by atoms with Gasteiger partial charge in [-0.2, -0.15) is 0 Å². The van der Waals surface area contributed by atoms with E-state index in [0.29, 0.717) is 13.1 Å². The van der Waals surface area contributed by atoms with Crippen LogP contribution in [0.5, 0.6) is 0 Å². The second-order valence-electron chi connectivity index (χ2n) is 8.81. The number of carbonyl (C=O) groups excluding carboxylic acids is 2. The van der Waals surface area contributed by atoms with Crippen LogP contribution >= 0.6 is 0 Å². The third-order valence-corrected chi connectivity index (χ3v) is 6.72. The molecule has 0 spiro atoms. The standard InChI is InChI=1S/C26H33N3O2/c1-20(30)27-24(21-10-8-9-11-21)26(31)29-18-16-28(17-19-29)25(22-12-4-2-5-13-22)23-14-6-3-7-15-23/h2-7,12-15,21,24-25H,8-11,16-19H2,1H3,(H,27,30). The molecule has 2 aromatic carbocycles. The molecule has 1 heterocycles. The number of nitrogens with zero attached hydrogens (tertiary/aromatic N) is 2. The summed E-state index contributed by atoms with van der Waals surface area (Å²) in [6, 6.07) is 21.0. The van der Waals surface area contributed by atoms with E-state index >= 15 is 0 Å². The van der Waals surface area contributed by atoms with E-state index in [2.05, 4.69) is 58.7 Å². The van der Waals surface area contributed by atoms with Gasteiger partial charge in [0.2, 0.25) is 11.8 Å². The van der Waals surface area contributed by atoms with Gasteiger partial charge in [-0.1, -0.05) is 73.5 Å². The lowest BCUT2D eigenvalue weighted by molar-refractivity contribution is -0.139. The Labute approximate surface area is 185 Å². The van der Waals surface area contributed by atoms with E-state index in [-0.39, 0.29) is 29.8 Å². The summed E-state index contributed by atoms with van der Waals surface area (Å²) in [5, 5.41) is 2.96. The van der Waals surface area contributed by atoms with Gasteiger partial charge in [0.05, 0.1) is 6.04 Å². The highest BCUT2D eigenvalue weighted by Gasteiger charge is 2.36. The third-order valence-electron chi connectivity index (χ3n) is 6.72. The highest BCUT2D eigenvalue weighted by Crippen LogP contribution is 2.31. The smallest absolute Gasteiger partial charge is 0.245 e. The number of hydrogen-bond donors (Lipinski definition) is 1. The second-order valence-corrected chi connectivity index (χ2v) is 8.81. The minimum absolute atomic E-state index is 0.0951. The van der Waals surface area contributed by atoms with Crippen molar-refractivity contribution in [3.8, 4) is 0 Å². The molecule has 0 radical (unpaired) electrons. The lowest BCUT2D eigenvalue weighted by Gasteiger charge is -2.41. The molecule has 1 aliphatic heterocycles. The molecule has 2 amide bonds. The summed E-state index contributed by atoms with van der Waals surface area (Å²) in [6.45, 7) is 4.53. The molecule has 0 aromatic heterocycles. The summed E-state index contributed by atoms with van der Waals surface area (Å²) in [5.74, 6) is 0.255. The van der Waals surface area contributed by atoms with Gasteiger partial charge in [0, 0.05) is 33.1 Å². The van der Waals surface area contributed by atoms with E-state index in [4.69, 9.17) is 0 Å². The monoisotopic (exact) mass is 419 g/mol. The van der Waals surface area contributed by atoms with Crippen LogP contribution in [0.3, 0.4) is 0 Å². The van der Waals surface area contributed by atoms with Crippen molar-refractivity contribution in [1.82, 2.24) is 15.1 Å². The number of benzene rings is 2. The van der Waals surface area contributed by atoms with Crippen LogP contribution in [-0.4, -0.2) is 53.8 Å².